The summed E-state index contributed by atoms with van der Waals surface area (Å²) < 4.78 is 11.8. The summed E-state index contributed by atoms with van der Waals surface area (Å²) in [6.45, 7) is 0.254. The number of hydrogen-bond donors (Lipinski definition) is 0. The summed E-state index contributed by atoms with van der Waals surface area (Å²) in [5.74, 6) is 0.245. The number of rotatable bonds is 5. The van der Waals surface area contributed by atoms with E-state index in [1.54, 1.807) is 19.2 Å². The molecule has 0 saturated heterocycles. The third-order valence-electron chi connectivity index (χ3n) is 6.12. The first-order chi connectivity index (χ1) is 17.6. The maximum Gasteiger partial charge on any atom is 0.349 e. The fourth-order valence-electron chi connectivity index (χ4n) is 4.29. The number of thiazole rings is 1. The molecule has 6 rings (SSSR count). The van der Waals surface area contributed by atoms with Gasteiger partial charge in [0.1, 0.15) is 16.9 Å². The Bertz CT molecular complexity index is 1810. The highest BCUT2D eigenvalue weighted by Gasteiger charge is 2.25. The van der Waals surface area contributed by atoms with E-state index in [4.69, 9.17) is 14.1 Å². The Labute approximate surface area is 210 Å². The molecule has 0 fully saturated rings. The van der Waals surface area contributed by atoms with Crippen LogP contribution in [0.15, 0.2) is 100 Å². The quantitative estimate of drug-likeness (QED) is 0.205. The van der Waals surface area contributed by atoms with Crippen molar-refractivity contribution in [2.45, 2.75) is 6.54 Å². The van der Waals surface area contributed by atoms with Gasteiger partial charge in [-0.2, -0.15) is 0 Å². The van der Waals surface area contributed by atoms with Gasteiger partial charge in [0.25, 0.3) is 5.91 Å². The molecular formula is C29H20N2O4S. The fraction of sp³-hybridized carbons (Fsp3) is 0.0690. The predicted octanol–water partition coefficient (Wildman–Crippen LogP) is 6.41. The van der Waals surface area contributed by atoms with E-state index in [1.807, 2.05) is 78.9 Å². The van der Waals surface area contributed by atoms with E-state index in [1.165, 1.54) is 16.2 Å². The molecule has 2 aromatic heterocycles. The number of methoxy groups -OCH3 is 1. The molecule has 0 unspecified atom stereocenters. The third kappa shape index (κ3) is 3.89. The number of fused-ring (bicyclic) bond motifs is 4. The fourth-order valence-corrected chi connectivity index (χ4v) is 5.29. The van der Waals surface area contributed by atoms with Crippen LogP contribution in [0, 0.1) is 0 Å². The molecular weight excluding hydrogens is 472 g/mol. The van der Waals surface area contributed by atoms with E-state index in [9.17, 15) is 9.59 Å². The van der Waals surface area contributed by atoms with Crippen LogP contribution in [0.5, 0.6) is 5.75 Å². The van der Waals surface area contributed by atoms with Gasteiger partial charge in [0.2, 0.25) is 0 Å². The van der Waals surface area contributed by atoms with Crippen LogP contribution in [-0.2, 0) is 6.54 Å². The molecule has 0 spiro atoms. The summed E-state index contributed by atoms with van der Waals surface area (Å²) in [4.78, 5) is 33.2. The van der Waals surface area contributed by atoms with E-state index in [-0.39, 0.29) is 12.1 Å². The number of anilines is 1. The summed E-state index contributed by atoms with van der Waals surface area (Å²) in [7, 11) is 1.61. The Morgan fingerprint density at radius 1 is 0.944 bits per heavy atom. The molecule has 0 saturated carbocycles. The smallest absolute Gasteiger partial charge is 0.349 e. The Morgan fingerprint density at radius 2 is 1.75 bits per heavy atom. The molecule has 0 aliphatic heterocycles. The summed E-state index contributed by atoms with van der Waals surface area (Å²) in [5, 5.41) is 3.11. The van der Waals surface area contributed by atoms with Crippen LogP contribution >= 0.6 is 11.3 Å². The van der Waals surface area contributed by atoms with Crippen LogP contribution in [0.4, 0.5) is 5.13 Å². The average molecular weight is 493 g/mol. The molecule has 6 aromatic rings. The van der Waals surface area contributed by atoms with Crippen LogP contribution in [0.3, 0.4) is 0 Å². The molecule has 0 bridgehead atoms. The Morgan fingerprint density at radius 3 is 2.58 bits per heavy atom. The maximum absolute atomic E-state index is 14.0. The second kappa shape index (κ2) is 8.94. The van der Waals surface area contributed by atoms with Crippen molar-refractivity contribution in [3.63, 3.8) is 0 Å². The number of aromatic nitrogens is 1. The van der Waals surface area contributed by atoms with Crippen LogP contribution in [-0.4, -0.2) is 18.0 Å². The van der Waals surface area contributed by atoms with Crippen molar-refractivity contribution in [2.75, 3.05) is 12.0 Å². The number of hydrogen-bond acceptors (Lipinski definition) is 6. The van der Waals surface area contributed by atoms with Crippen molar-refractivity contribution >= 4 is 54.3 Å². The first-order valence-electron chi connectivity index (χ1n) is 11.4. The lowest BCUT2D eigenvalue weighted by atomic mass is 10.0. The number of amides is 1. The normalized spacial score (nSPS) is 11.2. The molecule has 0 N–H and O–H groups in total. The molecule has 176 valence electrons. The lowest BCUT2D eigenvalue weighted by molar-refractivity contribution is 0.0981. The van der Waals surface area contributed by atoms with Crippen molar-refractivity contribution in [2.24, 2.45) is 0 Å². The zero-order valence-corrected chi connectivity index (χ0v) is 20.1. The van der Waals surface area contributed by atoms with Gasteiger partial charge in [-0.3, -0.25) is 9.69 Å². The standard InChI is InChI=1S/C29H20N2O4S/c1-34-20-12-13-24-26(15-20)36-29(30-24)31(17-18-7-3-2-4-8-18)27(32)23-16-22-21-10-6-5-9-19(21)11-14-25(22)35-28(23)33/h2-16H,17H2,1H3. The molecule has 0 aliphatic rings. The molecule has 0 aliphatic carbocycles. The summed E-state index contributed by atoms with van der Waals surface area (Å²) in [5.41, 5.74) is 1.39. The van der Waals surface area contributed by atoms with Crippen molar-refractivity contribution in [1.29, 1.82) is 0 Å². The summed E-state index contributed by atoms with van der Waals surface area (Å²) >= 11 is 1.37. The number of ether oxygens (including phenoxy) is 1. The van der Waals surface area contributed by atoms with Gasteiger partial charge in [-0.05, 0) is 46.7 Å². The highest BCUT2D eigenvalue weighted by molar-refractivity contribution is 7.22. The monoisotopic (exact) mass is 492 g/mol. The van der Waals surface area contributed by atoms with Gasteiger partial charge in [0.05, 0.1) is 23.9 Å². The number of nitrogens with zero attached hydrogens (tertiary/aromatic N) is 2. The maximum atomic E-state index is 14.0. The molecule has 7 heteroatoms. The van der Waals surface area contributed by atoms with Crippen LogP contribution in [0.2, 0.25) is 0 Å². The zero-order chi connectivity index (χ0) is 24.6. The molecule has 0 radical (unpaired) electrons. The second-order valence-corrected chi connectivity index (χ2v) is 9.36. The number of benzene rings is 4. The molecule has 1 amide bonds. The second-order valence-electron chi connectivity index (χ2n) is 8.35. The van der Waals surface area contributed by atoms with Crippen LogP contribution in [0.25, 0.3) is 32.0 Å². The molecule has 4 aromatic carbocycles. The van der Waals surface area contributed by atoms with Crippen molar-refractivity contribution < 1.29 is 13.9 Å². The van der Waals surface area contributed by atoms with E-state index in [0.29, 0.717) is 21.9 Å². The van der Waals surface area contributed by atoms with E-state index < -0.39 is 11.5 Å². The average Bonchev–Trinajstić information content (AvgIpc) is 3.34. The van der Waals surface area contributed by atoms with Crippen molar-refractivity contribution in [3.8, 4) is 5.75 Å². The van der Waals surface area contributed by atoms with Gasteiger partial charge in [0, 0.05) is 5.39 Å². The molecule has 36 heavy (non-hydrogen) atoms. The Hall–Kier alpha value is -4.49. The van der Waals surface area contributed by atoms with Gasteiger partial charge in [-0.1, -0.05) is 72.0 Å². The van der Waals surface area contributed by atoms with E-state index in [0.717, 1.165) is 26.6 Å². The van der Waals surface area contributed by atoms with Gasteiger partial charge in [0.15, 0.2) is 5.13 Å². The Balaban J connectivity index is 1.51. The minimum Gasteiger partial charge on any atom is -0.497 e. The van der Waals surface area contributed by atoms with Crippen LogP contribution in [0.1, 0.15) is 15.9 Å². The molecule has 0 atom stereocenters. The van der Waals surface area contributed by atoms with Crippen LogP contribution < -0.4 is 15.3 Å². The molecule has 6 nitrogen and oxygen atoms in total. The summed E-state index contributed by atoms with van der Waals surface area (Å²) in [6.07, 6.45) is 0. The predicted molar refractivity (Wildman–Crippen MR) is 143 cm³/mol. The lowest BCUT2D eigenvalue weighted by Crippen LogP contribution is -2.33. The minimum atomic E-state index is -0.677. The first-order valence-corrected chi connectivity index (χ1v) is 12.2. The van der Waals surface area contributed by atoms with Crippen molar-refractivity contribution in [3.05, 3.63) is 113 Å². The first kappa shape index (κ1) is 22.0. The summed E-state index contributed by atoms with van der Waals surface area (Å²) in [6, 6.07) is 28.3. The van der Waals surface area contributed by atoms with E-state index in [2.05, 4.69) is 0 Å². The number of carbonyl (C=O) groups excluding carboxylic acids is 1. The van der Waals surface area contributed by atoms with Gasteiger partial charge in [-0.15, -0.1) is 0 Å². The van der Waals surface area contributed by atoms with Gasteiger partial charge in [-0.25, -0.2) is 9.78 Å². The third-order valence-corrected chi connectivity index (χ3v) is 7.16. The number of carbonyl (C=O) groups is 1. The zero-order valence-electron chi connectivity index (χ0n) is 19.3. The van der Waals surface area contributed by atoms with Gasteiger partial charge < -0.3 is 9.15 Å². The Kier molecular flexibility index (Phi) is 5.47. The van der Waals surface area contributed by atoms with Gasteiger partial charge >= 0.3 is 5.63 Å². The SMILES string of the molecule is COc1ccc2nc(N(Cc3ccccc3)C(=O)c3cc4c(ccc5ccccc54)oc3=O)sc2c1. The van der Waals surface area contributed by atoms with Crippen molar-refractivity contribution in [1.82, 2.24) is 4.98 Å². The highest BCUT2D eigenvalue weighted by atomic mass is 32.1. The largest absolute Gasteiger partial charge is 0.497 e. The highest BCUT2D eigenvalue weighted by Crippen LogP contribution is 2.33. The van der Waals surface area contributed by atoms with E-state index >= 15 is 0 Å². The lowest BCUT2D eigenvalue weighted by Gasteiger charge is -2.20. The topological polar surface area (TPSA) is 72.6 Å². The minimum absolute atomic E-state index is 0.0355. The molecule has 2 heterocycles.